The van der Waals surface area contributed by atoms with Gasteiger partial charge in [-0.05, 0) is 30.5 Å². The summed E-state index contributed by atoms with van der Waals surface area (Å²) < 4.78 is 0. The van der Waals surface area contributed by atoms with E-state index >= 15 is 0 Å². The molecule has 0 unspecified atom stereocenters. The second kappa shape index (κ2) is 10.5. The second-order valence-electron chi connectivity index (χ2n) is 6.96. The molecule has 27 heavy (non-hydrogen) atoms. The van der Waals surface area contributed by atoms with Crippen LogP contribution in [-0.4, -0.2) is 35.8 Å². The van der Waals surface area contributed by atoms with Gasteiger partial charge in [0.2, 0.25) is 11.8 Å². The number of hydrogen-bond donors (Lipinski definition) is 3. The minimum atomic E-state index is -0.742. The van der Waals surface area contributed by atoms with Gasteiger partial charge in [0.05, 0.1) is 6.42 Å². The van der Waals surface area contributed by atoms with Crippen LogP contribution in [0.4, 0.5) is 16.2 Å². The Morgan fingerprint density at radius 2 is 1.89 bits per heavy atom. The van der Waals surface area contributed by atoms with Gasteiger partial charge in [0.25, 0.3) is 0 Å². The van der Waals surface area contributed by atoms with Gasteiger partial charge in [-0.3, -0.25) is 14.5 Å². The fourth-order valence-corrected chi connectivity index (χ4v) is 3.35. The van der Waals surface area contributed by atoms with Gasteiger partial charge < -0.3 is 16.4 Å². The Morgan fingerprint density at radius 1 is 1.19 bits per heavy atom. The molecule has 0 aromatic heterocycles. The van der Waals surface area contributed by atoms with Gasteiger partial charge in [-0.25, -0.2) is 4.79 Å². The van der Waals surface area contributed by atoms with E-state index in [9.17, 15) is 14.4 Å². The van der Waals surface area contributed by atoms with Crippen molar-refractivity contribution in [1.82, 2.24) is 4.90 Å². The van der Waals surface area contributed by atoms with Crippen LogP contribution in [0, 0.1) is 12.3 Å². The minimum absolute atomic E-state index is 0.147. The molecule has 2 rings (SSSR count). The number of primary amides is 1. The molecular formula is C20H29N4O3. The van der Waals surface area contributed by atoms with Crippen molar-refractivity contribution in [2.24, 2.45) is 11.7 Å². The van der Waals surface area contributed by atoms with Crippen LogP contribution < -0.4 is 16.4 Å². The van der Waals surface area contributed by atoms with Crippen molar-refractivity contribution in [3.05, 3.63) is 30.7 Å². The van der Waals surface area contributed by atoms with Crippen LogP contribution in [0.1, 0.15) is 45.4 Å². The Hall–Kier alpha value is -2.57. The summed E-state index contributed by atoms with van der Waals surface area (Å²) in [5.41, 5.74) is 6.83. The van der Waals surface area contributed by atoms with Crippen LogP contribution in [0.5, 0.6) is 0 Å². The first-order valence-electron chi connectivity index (χ1n) is 9.51. The van der Waals surface area contributed by atoms with Crippen molar-refractivity contribution >= 4 is 29.2 Å². The molecular weight excluding hydrogens is 344 g/mol. The Morgan fingerprint density at radius 3 is 2.56 bits per heavy atom. The molecule has 0 aliphatic heterocycles. The lowest BCUT2D eigenvalue weighted by Crippen LogP contribution is -2.43. The Bertz CT molecular complexity index is 656. The summed E-state index contributed by atoms with van der Waals surface area (Å²) >= 11 is 0. The van der Waals surface area contributed by atoms with Crippen molar-refractivity contribution in [2.75, 3.05) is 23.7 Å². The van der Waals surface area contributed by atoms with Gasteiger partial charge in [-0.2, -0.15) is 0 Å². The molecule has 4 amide bonds. The SMILES string of the molecule is CC(=O)Nc1cccc(NCCN(C(N)=O)C(=O)[CH]CC2CCCCC2)c1. The number of nitrogens with two attached hydrogens (primary N) is 1. The maximum Gasteiger partial charge on any atom is 0.321 e. The predicted molar refractivity (Wildman–Crippen MR) is 106 cm³/mol. The zero-order valence-corrected chi connectivity index (χ0v) is 15.9. The first-order chi connectivity index (χ1) is 13.0. The summed E-state index contributed by atoms with van der Waals surface area (Å²) in [6.07, 6.45) is 8.29. The standard InChI is InChI=1S/C20H29N4O3/c1-15(25)23-18-9-5-8-17(14-18)22-12-13-24(20(21)27)19(26)11-10-16-6-3-2-4-7-16/h5,8-9,11,14,16,22H,2-4,6-7,10,12-13H2,1H3,(H2,21,27)(H,23,25). The molecule has 7 nitrogen and oxygen atoms in total. The summed E-state index contributed by atoms with van der Waals surface area (Å²) in [6, 6.07) is 6.48. The molecule has 147 valence electrons. The summed E-state index contributed by atoms with van der Waals surface area (Å²) in [6.45, 7) is 2.00. The minimum Gasteiger partial charge on any atom is -0.383 e. The zero-order chi connectivity index (χ0) is 19.6. The number of amides is 4. The van der Waals surface area contributed by atoms with E-state index in [1.807, 2.05) is 12.1 Å². The number of carbonyl (C=O) groups is 3. The fourth-order valence-electron chi connectivity index (χ4n) is 3.35. The number of rotatable bonds is 8. The first kappa shape index (κ1) is 20.7. The van der Waals surface area contributed by atoms with Crippen molar-refractivity contribution in [2.45, 2.75) is 45.4 Å². The lowest BCUT2D eigenvalue weighted by molar-refractivity contribution is -0.124. The van der Waals surface area contributed by atoms with E-state index in [2.05, 4.69) is 10.6 Å². The van der Waals surface area contributed by atoms with E-state index < -0.39 is 6.03 Å². The van der Waals surface area contributed by atoms with Crippen LogP contribution in [0.15, 0.2) is 24.3 Å². The Labute approximate surface area is 160 Å². The van der Waals surface area contributed by atoms with E-state index in [0.717, 1.165) is 23.4 Å². The number of imide groups is 1. The number of nitrogens with one attached hydrogen (secondary N) is 2. The molecule has 1 saturated carbocycles. The van der Waals surface area contributed by atoms with E-state index in [1.165, 1.54) is 26.2 Å². The third-order valence-electron chi connectivity index (χ3n) is 4.73. The quantitative estimate of drug-likeness (QED) is 0.651. The van der Waals surface area contributed by atoms with Gasteiger partial charge in [-0.15, -0.1) is 0 Å². The lowest BCUT2D eigenvalue weighted by atomic mass is 9.86. The van der Waals surface area contributed by atoms with Gasteiger partial charge in [-0.1, -0.05) is 38.2 Å². The first-order valence-corrected chi connectivity index (χ1v) is 9.51. The van der Waals surface area contributed by atoms with Crippen molar-refractivity contribution < 1.29 is 14.4 Å². The van der Waals surface area contributed by atoms with Gasteiger partial charge >= 0.3 is 6.03 Å². The number of urea groups is 1. The molecule has 0 bridgehead atoms. The van der Waals surface area contributed by atoms with E-state index in [4.69, 9.17) is 5.73 Å². The summed E-state index contributed by atoms with van der Waals surface area (Å²) in [7, 11) is 0. The average Bonchev–Trinajstić information content (AvgIpc) is 2.63. The topological polar surface area (TPSA) is 105 Å². The Kier molecular flexibility index (Phi) is 8.10. The van der Waals surface area contributed by atoms with Crippen LogP contribution in [0.2, 0.25) is 0 Å². The van der Waals surface area contributed by atoms with Crippen molar-refractivity contribution in [3.8, 4) is 0 Å². The molecule has 0 spiro atoms. The molecule has 4 N–H and O–H groups in total. The highest BCUT2D eigenvalue weighted by Crippen LogP contribution is 2.27. The molecule has 0 saturated heterocycles. The molecule has 1 aromatic rings. The number of carbonyl (C=O) groups excluding carboxylic acids is 3. The van der Waals surface area contributed by atoms with Gasteiger partial charge in [0, 0.05) is 31.4 Å². The average molecular weight is 373 g/mol. The second-order valence-corrected chi connectivity index (χ2v) is 6.96. The molecule has 1 radical (unpaired) electrons. The number of nitrogens with zero attached hydrogens (tertiary/aromatic N) is 1. The van der Waals surface area contributed by atoms with Crippen molar-refractivity contribution in [3.63, 3.8) is 0 Å². The monoisotopic (exact) mass is 373 g/mol. The highest BCUT2D eigenvalue weighted by molar-refractivity contribution is 5.98. The summed E-state index contributed by atoms with van der Waals surface area (Å²) in [4.78, 5) is 36.2. The molecule has 0 atom stereocenters. The van der Waals surface area contributed by atoms with E-state index in [1.54, 1.807) is 18.6 Å². The van der Waals surface area contributed by atoms with Crippen molar-refractivity contribution in [1.29, 1.82) is 0 Å². The third kappa shape index (κ3) is 7.29. The van der Waals surface area contributed by atoms with Gasteiger partial charge in [0.1, 0.15) is 0 Å². The highest BCUT2D eigenvalue weighted by Gasteiger charge is 2.21. The largest absolute Gasteiger partial charge is 0.383 e. The summed E-state index contributed by atoms with van der Waals surface area (Å²) in [5.74, 6) is 0.0556. The van der Waals surface area contributed by atoms with Crippen LogP contribution >= 0.6 is 0 Å². The summed E-state index contributed by atoms with van der Waals surface area (Å²) in [5, 5.41) is 5.84. The maximum absolute atomic E-state index is 12.3. The number of benzene rings is 1. The van der Waals surface area contributed by atoms with Crippen LogP contribution in [-0.2, 0) is 9.59 Å². The molecule has 1 aliphatic rings. The molecule has 0 heterocycles. The molecule has 1 aliphatic carbocycles. The maximum atomic E-state index is 12.3. The molecule has 1 aromatic carbocycles. The van der Waals surface area contributed by atoms with Crippen LogP contribution in [0.25, 0.3) is 0 Å². The van der Waals surface area contributed by atoms with E-state index in [-0.39, 0.29) is 18.4 Å². The van der Waals surface area contributed by atoms with E-state index in [0.29, 0.717) is 24.6 Å². The smallest absolute Gasteiger partial charge is 0.321 e. The Balaban J connectivity index is 1.80. The predicted octanol–water partition coefficient (Wildman–Crippen LogP) is 3.14. The highest BCUT2D eigenvalue weighted by atomic mass is 16.2. The van der Waals surface area contributed by atoms with Gasteiger partial charge in [0.15, 0.2) is 0 Å². The van der Waals surface area contributed by atoms with Crippen LogP contribution in [0.3, 0.4) is 0 Å². The normalized spacial score (nSPS) is 14.4. The number of anilines is 2. The fraction of sp³-hybridized carbons (Fsp3) is 0.500. The zero-order valence-electron chi connectivity index (χ0n) is 15.9. The molecule has 1 fully saturated rings. The molecule has 7 heteroatoms. The lowest BCUT2D eigenvalue weighted by Gasteiger charge is -2.23. The number of hydrogen-bond acceptors (Lipinski definition) is 4. The third-order valence-corrected chi connectivity index (χ3v) is 4.73.